The smallest absolute Gasteiger partial charge is 0.220 e. The topological polar surface area (TPSA) is 44.1 Å². The van der Waals surface area contributed by atoms with Gasteiger partial charge in [0.15, 0.2) is 0 Å². The zero-order chi connectivity index (χ0) is 11.8. The Hall–Kier alpha value is -2.08. The molecule has 0 aromatic heterocycles. The summed E-state index contributed by atoms with van der Waals surface area (Å²) in [5.74, 6) is 0.00597. The number of benzene rings is 1. The second-order valence-corrected chi connectivity index (χ2v) is 3.42. The van der Waals surface area contributed by atoms with Crippen LogP contribution in [0.4, 0.5) is 0 Å². The first-order valence-electron chi connectivity index (χ1n) is 5.08. The predicted octanol–water partition coefficient (Wildman–Crippen LogP) is 2.11. The van der Waals surface area contributed by atoms with Crippen LogP contribution < -0.4 is 0 Å². The Morgan fingerprint density at radius 2 is 2.12 bits per heavy atom. The maximum Gasteiger partial charge on any atom is 0.220 e. The van der Waals surface area contributed by atoms with Gasteiger partial charge < -0.3 is 4.90 Å². The van der Waals surface area contributed by atoms with E-state index in [0.717, 1.165) is 5.56 Å². The fraction of sp³-hybridized carbons (Fsp3) is 0.231. The van der Waals surface area contributed by atoms with Crippen LogP contribution in [0, 0.1) is 11.3 Å². The van der Waals surface area contributed by atoms with Gasteiger partial charge in [0.2, 0.25) is 5.91 Å². The third-order valence-corrected chi connectivity index (χ3v) is 2.18. The Morgan fingerprint density at radius 1 is 1.44 bits per heavy atom. The molecule has 1 aromatic carbocycles. The minimum Gasteiger partial charge on any atom is -0.335 e. The molecule has 1 aromatic rings. The fourth-order valence-corrected chi connectivity index (χ4v) is 1.34. The van der Waals surface area contributed by atoms with Crippen LogP contribution in [0.25, 0.3) is 0 Å². The van der Waals surface area contributed by atoms with E-state index in [1.165, 1.54) is 13.0 Å². The summed E-state index contributed by atoms with van der Waals surface area (Å²) in [6.07, 6.45) is 3.07. The van der Waals surface area contributed by atoms with Crippen LogP contribution >= 0.6 is 0 Å². The van der Waals surface area contributed by atoms with Gasteiger partial charge in [0.25, 0.3) is 0 Å². The molecule has 0 aliphatic heterocycles. The molecule has 0 saturated heterocycles. The monoisotopic (exact) mass is 214 g/mol. The van der Waals surface area contributed by atoms with Gasteiger partial charge in [0, 0.05) is 26.1 Å². The second-order valence-electron chi connectivity index (χ2n) is 3.42. The third-order valence-electron chi connectivity index (χ3n) is 2.18. The first kappa shape index (κ1) is 12.0. The fourth-order valence-electron chi connectivity index (χ4n) is 1.34. The molecule has 0 bridgehead atoms. The quantitative estimate of drug-likeness (QED) is 0.720. The largest absolute Gasteiger partial charge is 0.335 e. The SMILES string of the molecule is CC(=O)N(C/C=C/C#N)Cc1ccccc1. The molecule has 0 aliphatic carbocycles. The van der Waals surface area contributed by atoms with Crippen LogP contribution in [-0.2, 0) is 11.3 Å². The van der Waals surface area contributed by atoms with Gasteiger partial charge in [-0.25, -0.2) is 0 Å². The first-order chi connectivity index (χ1) is 7.74. The van der Waals surface area contributed by atoms with Crippen molar-refractivity contribution in [1.29, 1.82) is 5.26 Å². The Labute approximate surface area is 95.6 Å². The van der Waals surface area contributed by atoms with E-state index in [2.05, 4.69) is 0 Å². The van der Waals surface area contributed by atoms with E-state index in [9.17, 15) is 4.79 Å². The molecule has 16 heavy (non-hydrogen) atoms. The average Bonchev–Trinajstić information content (AvgIpc) is 2.29. The summed E-state index contributed by atoms with van der Waals surface area (Å²) in [7, 11) is 0. The summed E-state index contributed by atoms with van der Waals surface area (Å²) < 4.78 is 0. The Balaban J connectivity index is 2.62. The highest BCUT2D eigenvalue weighted by molar-refractivity contribution is 5.73. The molecule has 0 atom stereocenters. The van der Waals surface area contributed by atoms with Gasteiger partial charge in [-0.2, -0.15) is 5.26 Å². The zero-order valence-electron chi connectivity index (χ0n) is 9.26. The summed E-state index contributed by atoms with van der Waals surface area (Å²) in [6, 6.07) is 11.7. The van der Waals surface area contributed by atoms with Crippen molar-refractivity contribution in [3.05, 3.63) is 48.0 Å². The number of amides is 1. The lowest BCUT2D eigenvalue weighted by Gasteiger charge is -2.19. The summed E-state index contributed by atoms with van der Waals surface area (Å²) in [5, 5.41) is 8.37. The highest BCUT2D eigenvalue weighted by atomic mass is 16.2. The maximum absolute atomic E-state index is 11.4. The van der Waals surface area contributed by atoms with Gasteiger partial charge in [-0.05, 0) is 5.56 Å². The first-order valence-corrected chi connectivity index (χ1v) is 5.08. The molecule has 0 radical (unpaired) electrons. The standard InChI is InChI=1S/C13H14N2O/c1-12(16)15(10-6-5-9-14)11-13-7-3-2-4-8-13/h2-8H,10-11H2,1H3/b6-5+. The van der Waals surface area contributed by atoms with E-state index >= 15 is 0 Å². The predicted molar refractivity (Wildman–Crippen MR) is 62.3 cm³/mol. The highest BCUT2D eigenvalue weighted by Gasteiger charge is 2.06. The van der Waals surface area contributed by atoms with E-state index in [0.29, 0.717) is 13.1 Å². The van der Waals surface area contributed by atoms with Crippen molar-refractivity contribution in [3.8, 4) is 6.07 Å². The Morgan fingerprint density at radius 3 is 2.69 bits per heavy atom. The Bertz CT molecular complexity index is 404. The third kappa shape index (κ3) is 3.97. The van der Waals surface area contributed by atoms with Crippen LogP contribution in [0.15, 0.2) is 42.5 Å². The minimum atomic E-state index is 0.00597. The number of allylic oxidation sites excluding steroid dienone is 1. The van der Waals surface area contributed by atoms with Gasteiger partial charge in [0.05, 0.1) is 6.07 Å². The lowest BCUT2D eigenvalue weighted by atomic mass is 10.2. The van der Waals surface area contributed by atoms with Gasteiger partial charge in [-0.3, -0.25) is 4.79 Å². The lowest BCUT2D eigenvalue weighted by molar-refractivity contribution is -0.128. The summed E-state index contributed by atoms with van der Waals surface area (Å²) >= 11 is 0. The molecule has 1 rings (SSSR count). The molecular weight excluding hydrogens is 200 g/mol. The van der Waals surface area contributed by atoms with E-state index in [-0.39, 0.29) is 5.91 Å². The average molecular weight is 214 g/mol. The number of carbonyl (C=O) groups is 1. The van der Waals surface area contributed by atoms with Gasteiger partial charge in [0.1, 0.15) is 0 Å². The van der Waals surface area contributed by atoms with Crippen molar-refractivity contribution < 1.29 is 4.79 Å². The molecule has 0 saturated carbocycles. The van der Waals surface area contributed by atoms with Gasteiger partial charge >= 0.3 is 0 Å². The van der Waals surface area contributed by atoms with Crippen LogP contribution in [0.2, 0.25) is 0 Å². The van der Waals surface area contributed by atoms with E-state index < -0.39 is 0 Å². The van der Waals surface area contributed by atoms with Crippen molar-refractivity contribution >= 4 is 5.91 Å². The van der Waals surface area contributed by atoms with Gasteiger partial charge in [-0.1, -0.05) is 36.4 Å². The lowest BCUT2D eigenvalue weighted by Crippen LogP contribution is -2.28. The maximum atomic E-state index is 11.4. The van der Waals surface area contributed by atoms with Crippen LogP contribution in [0.1, 0.15) is 12.5 Å². The summed E-state index contributed by atoms with van der Waals surface area (Å²) in [5.41, 5.74) is 1.09. The molecule has 0 fully saturated rings. The second kappa shape index (κ2) is 6.41. The minimum absolute atomic E-state index is 0.00597. The molecule has 1 amide bonds. The molecule has 0 spiro atoms. The van der Waals surface area contributed by atoms with E-state index in [1.807, 2.05) is 36.4 Å². The summed E-state index contributed by atoms with van der Waals surface area (Å²) in [6.45, 7) is 2.58. The molecule has 0 unspecified atom stereocenters. The molecule has 3 nitrogen and oxygen atoms in total. The van der Waals surface area contributed by atoms with Crippen LogP contribution in [-0.4, -0.2) is 17.4 Å². The Kier molecular flexibility index (Phi) is 4.81. The van der Waals surface area contributed by atoms with Crippen molar-refractivity contribution in [2.24, 2.45) is 0 Å². The summed E-state index contributed by atoms with van der Waals surface area (Å²) in [4.78, 5) is 13.0. The number of hydrogen-bond acceptors (Lipinski definition) is 2. The van der Waals surface area contributed by atoms with E-state index in [1.54, 1.807) is 11.0 Å². The highest BCUT2D eigenvalue weighted by Crippen LogP contribution is 2.04. The zero-order valence-corrected chi connectivity index (χ0v) is 9.26. The van der Waals surface area contributed by atoms with Crippen molar-refractivity contribution in [2.75, 3.05) is 6.54 Å². The normalized spacial score (nSPS) is 10.0. The number of nitrogens with zero attached hydrogens (tertiary/aromatic N) is 2. The van der Waals surface area contributed by atoms with E-state index in [4.69, 9.17) is 5.26 Å². The van der Waals surface area contributed by atoms with Crippen LogP contribution in [0.5, 0.6) is 0 Å². The van der Waals surface area contributed by atoms with Gasteiger partial charge in [-0.15, -0.1) is 0 Å². The molecule has 0 aliphatic rings. The molecular formula is C13H14N2O. The number of hydrogen-bond donors (Lipinski definition) is 0. The molecule has 3 heteroatoms. The molecule has 0 heterocycles. The van der Waals surface area contributed by atoms with Crippen LogP contribution in [0.3, 0.4) is 0 Å². The number of nitriles is 1. The molecule has 82 valence electrons. The van der Waals surface area contributed by atoms with Crippen molar-refractivity contribution in [1.82, 2.24) is 4.90 Å². The molecule has 0 N–H and O–H groups in total. The number of carbonyl (C=O) groups excluding carboxylic acids is 1. The van der Waals surface area contributed by atoms with Crippen molar-refractivity contribution in [2.45, 2.75) is 13.5 Å². The number of rotatable bonds is 4. The van der Waals surface area contributed by atoms with Crippen molar-refractivity contribution in [3.63, 3.8) is 0 Å².